The molecule has 4 nitrogen and oxygen atoms in total. The van der Waals surface area contributed by atoms with Crippen LogP contribution in [0.3, 0.4) is 0 Å². The van der Waals surface area contributed by atoms with Crippen LogP contribution in [0.25, 0.3) is 10.9 Å². The highest BCUT2D eigenvalue weighted by molar-refractivity contribution is 5.88. The van der Waals surface area contributed by atoms with Gasteiger partial charge in [-0.3, -0.25) is 0 Å². The van der Waals surface area contributed by atoms with E-state index in [4.69, 9.17) is 9.47 Å². The monoisotopic (exact) mass is 218 g/mol. The summed E-state index contributed by atoms with van der Waals surface area (Å²) in [7, 11) is 3.26. The number of hydrogen-bond acceptors (Lipinski definition) is 4. The largest absolute Gasteiger partial charge is 0.493 e. The fraction of sp³-hybridized carbons (Fsp3) is 0.333. The van der Waals surface area contributed by atoms with Crippen molar-refractivity contribution in [3.8, 4) is 11.5 Å². The molecule has 0 saturated carbocycles. The molecular weight excluding hydrogens is 204 g/mol. The summed E-state index contributed by atoms with van der Waals surface area (Å²) in [5.41, 5.74) is 2.95. The lowest BCUT2D eigenvalue weighted by atomic mass is 10.0. The fourth-order valence-corrected chi connectivity index (χ4v) is 1.98. The second-order valence-electron chi connectivity index (χ2n) is 3.66. The van der Waals surface area contributed by atoms with Gasteiger partial charge in [0.05, 0.1) is 25.9 Å². The van der Waals surface area contributed by atoms with Gasteiger partial charge in [-0.15, -0.1) is 0 Å². The minimum atomic E-state index is 0.687. The molecule has 2 rings (SSSR count). The number of hydrogen-bond donors (Lipinski definition) is 0. The molecule has 0 radical (unpaired) electrons. The van der Waals surface area contributed by atoms with E-state index in [1.165, 1.54) is 0 Å². The van der Waals surface area contributed by atoms with Crippen molar-refractivity contribution < 1.29 is 9.47 Å². The van der Waals surface area contributed by atoms with E-state index in [1.807, 2.05) is 19.9 Å². The van der Waals surface area contributed by atoms with Crippen molar-refractivity contribution in [1.29, 1.82) is 0 Å². The van der Waals surface area contributed by atoms with Gasteiger partial charge in [-0.25, -0.2) is 0 Å². The Hall–Kier alpha value is -1.84. The van der Waals surface area contributed by atoms with Crippen LogP contribution in [0, 0.1) is 13.8 Å². The Labute approximate surface area is 94.2 Å². The first-order valence-corrected chi connectivity index (χ1v) is 5.02. The predicted molar refractivity (Wildman–Crippen MR) is 62.1 cm³/mol. The summed E-state index contributed by atoms with van der Waals surface area (Å²) in [5.74, 6) is 1.44. The van der Waals surface area contributed by atoms with Crippen LogP contribution in [-0.2, 0) is 0 Å². The SMILES string of the molecule is COc1cc2nncc(C)c2c(C)c1OC. The summed E-state index contributed by atoms with van der Waals surface area (Å²) in [6, 6.07) is 1.85. The molecule has 0 aliphatic rings. The van der Waals surface area contributed by atoms with E-state index in [9.17, 15) is 0 Å². The number of nitrogens with zero attached hydrogens (tertiary/aromatic N) is 2. The molecule has 0 N–H and O–H groups in total. The molecule has 1 heterocycles. The zero-order valence-corrected chi connectivity index (χ0v) is 9.87. The summed E-state index contributed by atoms with van der Waals surface area (Å²) in [6.07, 6.45) is 1.75. The van der Waals surface area contributed by atoms with Gasteiger partial charge in [-0.1, -0.05) is 0 Å². The minimum Gasteiger partial charge on any atom is -0.493 e. The van der Waals surface area contributed by atoms with E-state index in [0.717, 1.165) is 27.8 Å². The molecule has 0 fully saturated rings. The number of methoxy groups -OCH3 is 2. The van der Waals surface area contributed by atoms with Gasteiger partial charge < -0.3 is 9.47 Å². The van der Waals surface area contributed by atoms with E-state index in [1.54, 1.807) is 20.4 Å². The van der Waals surface area contributed by atoms with Gasteiger partial charge in [0.2, 0.25) is 0 Å². The van der Waals surface area contributed by atoms with Gasteiger partial charge in [0, 0.05) is 17.0 Å². The number of benzene rings is 1. The Kier molecular flexibility index (Phi) is 2.64. The van der Waals surface area contributed by atoms with Crippen LogP contribution in [0.5, 0.6) is 11.5 Å². The van der Waals surface area contributed by atoms with E-state index in [-0.39, 0.29) is 0 Å². The molecule has 0 aliphatic carbocycles. The fourth-order valence-electron chi connectivity index (χ4n) is 1.98. The van der Waals surface area contributed by atoms with Gasteiger partial charge in [0.25, 0.3) is 0 Å². The lowest BCUT2D eigenvalue weighted by molar-refractivity contribution is 0.354. The summed E-state index contributed by atoms with van der Waals surface area (Å²) >= 11 is 0. The van der Waals surface area contributed by atoms with Crippen LogP contribution in [-0.4, -0.2) is 24.4 Å². The van der Waals surface area contributed by atoms with Crippen LogP contribution in [0.2, 0.25) is 0 Å². The Morgan fingerprint density at radius 3 is 2.50 bits per heavy atom. The molecular formula is C12H14N2O2. The lowest BCUT2D eigenvalue weighted by Gasteiger charge is -2.13. The minimum absolute atomic E-state index is 0.687. The zero-order valence-electron chi connectivity index (χ0n) is 9.87. The van der Waals surface area contributed by atoms with Crippen molar-refractivity contribution >= 4 is 10.9 Å². The van der Waals surface area contributed by atoms with Crippen molar-refractivity contribution in [2.75, 3.05) is 14.2 Å². The first-order valence-electron chi connectivity index (χ1n) is 5.02. The molecule has 0 bridgehead atoms. The first kappa shape index (κ1) is 10.7. The summed E-state index contributed by atoms with van der Waals surface area (Å²) in [5, 5.41) is 9.12. The predicted octanol–water partition coefficient (Wildman–Crippen LogP) is 2.26. The Bertz CT molecular complexity index is 538. The van der Waals surface area contributed by atoms with E-state index in [0.29, 0.717) is 5.75 Å². The molecule has 0 amide bonds. The summed E-state index contributed by atoms with van der Waals surface area (Å²) < 4.78 is 10.6. The second kappa shape index (κ2) is 3.96. The van der Waals surface area contributed by atoms with E-state index < -0.39 is 0 Å². The molecule has 0 atom stereocenters. The van der Waals surface area contributed by atoms with E-state index in [2.05, 4.69) is 10.2 Å². The molecule has 2 aromatic rings. The number of aromatic nitrogens is 2. The third-order valence-electron chi connectivity index (χ3n) is 2.70. The average molecular weight is 218 g/mol. The molecule has 16 heavy (non-hydrogen) atoms. The zero-order chi connectivity index (χ0) is 11.7. The maximum Gasteiger partial charge on any atom is 0.164 e. The van der Waals surface area contributed by atoms with Crippen LogP contribution in [0.4, 0.5) is 0 Å². The van der Waals surface area contributed by atoms with Crippen molar-refractivity contribution in [1.82, 2.24) is 10.2 Å². The highest BCUT2D eigenvalue weighted by Crippen LogP contribution is 2.36. The standard InChI is InChI=1S/C12H14N2O2/c1-7-6-13-14-9-5-10(15-3)12(16-4)8(2)11(7)9/h5-6H,1-4H3. The van der Waals surface area contributed by atoms with E-state index >= 15 is 0 Å². The molecule has 0 spiro atoms. The first-order chi connectivity index (χ1) is 7.69. The molecule has 0 aliphatic heterocycles. The number of aryl methyl sites for hydroxylation is 2. The maximum atomic E-state index is 5.36. The smallest absolute Gasteiger partial charge is 0.164 e. The Balaban J connectivity index is 2.88. The number of rotatable bonds is 2. The molecule has 1 aromatic heterocycles. The molecule has 84 valence electrons. The van der Waals surface area contributed by atoms with Crippen molar-refractivity contribution in [3.05, 3.63) is 23.4 Å². The molecule has 0 saturated heterocycles. The summed E-state index contributed by atoms with van der Waals surface area (Å²) in [6.45, 7) is 4.01. The third kappa shape index (κ3) is 1.46. The van der Waals surface area contributed by atoms with Crippen LogP contribution in [0.1, 0.15) is 11.1 Å². The van der Waals surface area contributed by atoms with Crippen LogP contribution >= 0.6 is 0 Å². The van der Waals surface area contributed by atoms with Crippen molar-refractivity contribution in [2.24, 2.45) is 0 Å². The Morgan fingerprint density at radius 1 is 1.12 bits per heavy atom. The molecule has 1 aromatic carbocycles. The third-order valence-corrected chi connectivity index (χ3v) is 2.70. The van der Waals surface area contributed by atoms with Crippen LogP contribution < -0.4 is 9.47 Å². The van der Waals surface area contributed by atoms with Gasteiger partial charge in [0.1, 0.15) is 0 Å². The lowest BCUT2D eigenvalue weighted by Crippen LogP contribution is -1.97. The number of fused-ring (bicyclic) bond motifs is 1. The van der Waals surface area contributed by atoms with Crippen molar-refractivity contribution in [3.63, 3.8) is 0 Å². The normalized spacial score (nSPS) is 10.5. The summed E-state index contributed by atoms with van der Waals surface area (Å²) in [4.78, 5) is 0. The molecule has 0 unspecified atom stereocenters. The van der Waals surface area contributed by atoms with Gasteiger partial charge in [0.15, 0.2) is 11.5 Å². The van der Waals surface area contributed by atoms with Gasteiger partial charge in [-0.2, -0.15) is 10.2 Å². The maximum absolute atomic E-state index is 5.36. The quantitative estimate of drug-likeness (QED) is 0.775. The van der Waals surface area contributed by atoms with Gasteiger partial charge in [-0.05, 0) is 19.4 Å². The topological polar surface area (TPSA) is 44.2 Å². The van der Waals surface area contributed by atoms with Gasteiger partial charge >= 0.3 is 0 Å². The number of ether oxygens (including phenoxy) is 2. The highest BCUT2D eigenvalue weighted by atomic mass is 16.5. The second-order valence-corrected chi connectivity index (χ2v) is 3.66. The van der Waals surface area contributed by atoms with Crippen molar-refractivity contribution in [2.45, 2.75) is 13.8 Å². The Morgan fingerprint density at radius 2 is 1.88 bits per heavy atom. The average Bonchev–Trinajstić information content (AvgIpc) is 2.28. The molecule has 4 heteroatoms. The van der Waals surface area contributed by atoms with Crippen LogP contribution in [0.15, 0.2) is 12.3 Å². The highest BCUT2D eigenvalue weighted by Gasteiger charge is 2.13.